The fourth-order valence-electron chi connectivity index (χ4n) is 2.54. The van der Waals surface area contributed by atoms with Crippen LogP contribution < -0.4 is 5.32 Å². The molecule has 0 radical (unpaired) electrons. The van der Waals surface area contributed by atoms with Crippen molar-refractivity contribution < 1.29 is 14.3 Å². The summed E-state index contributed by atoms with van der Waals surface area (Å²) in [5, 5.41) is 2.90. The summed E-state index contributed by atoms with van der Waals surface area (Å²) >= 11 is 0. The second-order valence-corrected chi connectivity index (χ2v) is 5.72. The van der Waals surface area contributed by atoms with Crippen molar-refractivity contribution in [1.29, 1.82) is 0 Å². The number of carbonyl (C=O) groups excluding carboxylic acids is 1. The molecule has 1 aromatic carbocycles. The molecule has 0 saturated carbocycles. The zero-order chi connectivity index (χ0) is 16.5. The average molecular weight is 318 g/mol. The van der Waals surface area contributed by atoms with Crippen molar-refractivity contribution in [2.45, 2.75) is 25.7 Å². The quantitative estimate of drug-likeness (QED) is 0.740. The molecule has 5 heteroatoms. The Morgan fingerprint density at radius 1 is 1.52 bits per heavy atom. The molecule has 0 spiro atoms. The Kier molecular flexibility index (Phi) is 7.26. The second kappa shape index (κ2) is 9.45. The van der Waals surface area contributed by atoms with E-state index in [0.717, 1.165) is 19.6 Å². The van der Waals surface area contributed by atoms with Gasteiger partial charge in [0.15, 0.2) is 0 Å². The van der Waals surface area contributed by atoms with E-state index in [1.165, 1.54) is 5.56 Å². The number of morpholine rings is 1. The van der Waals surface area contributed by atoms with Crippen LogP contribution in [0.4, 0.5) is 0 Å². The van der Waals surface area contributed by atoms with Crippen LogP contribution in [0.5, 0.6) is 0 Å². The molecule has 0 aliphatic carbocycles. The predicted octanol–water partition coefficient (Wildman–Crippen LogP) is 1.59. The maximum absolute atomic E-state index is 11.9. The van der Waals surface area contributed by atoms with Crippen LogP contribution in [0, 0.1) is 0 Å². The fraction of sp³-hybridized carbons (Fsp3) is 0.500. The first-order valence-corrected chi connectivity index (χ1v) is 8.07. The number of hydrogen-bond donors (Lipinski definition) is 1. The van der Waals surface area contributed by atoms with Gasteiger partial charge in [0.25, 0.3) is 0 Å². The number of nitrogens with zero attached hydrogens (tertiary/aromatic N) is 1. The second-order valence-electron chi connectivity index (χ2n) is 5.72. The molecule has 23 heavy (non-hydrogen) atoms. The van der Waals surface area contributed by atoms with Crippen LogP contribution in [-0.2, 0) is 20.8 Å². The smallest absolute Gasteiger partial charge is 0.248 e. The van der Waals surface area contributed by atoms with Gasteiger partial charge in [-0.2, -0.15) is 0 Å². The van der Waals surface area contributed by atoms with E-state index < -0.39 is 6.10 Å². The maximum Gasteiger partial charge on any atom is 0.248 e. The molecule has 0 aromatic heterocycles. The normalized spacial score (nSPS) is 20.0. The van der Waals surface area contributed by atoms with E-state index in [0.29, 0.717) is 19.8 Å². The van der Waals surface area contributed by atoms with Gasteiger partial charge in [0.1, 0.15) is 6.10 Å². The number of rotatable bonds is 8. The van der Waals surface area contributed by atoms with Crippen molar-refractivity contribution in [3.63, 3.8) is 0 Å². The van der Waals surface area contributed by atoms with Crippen LogP contribution in [0.3, 0.4) is 0 Å². The largest absolute Gasteiger partial charge is 0.374 e. The molecule has 0 unspecified atom stereocenters. The molecular weight excluding hydrogens is 292 g/mol. The van der Waals surface area contributed by atoms with Gasteiger partial charge in [-0.1, -0.05) is 36.4 Å². The van der Waals surface area contributed by atoms with Gasteiger partial charge >= 0.3 is 0 Å². The van der Waals surface area contributed by atoms with Crippen LogP contribution in [0.1, 0.15) is 12.5 Å². The summed E-state index contributed by atoms with van der Waals surface area (Å²) in [4.78, 5) is 14.3. The number of hydrogen-bond acceptors (Lipinski definition) is 4. The Hall–Kier alpha value is -1.69. The monoisotopic (exact) mass is 318 g/mol. The van der Waals surface area contributed by atoms with Crippen LogP contribution in [0.15, 0.2) is 43.0 Å². The van der Waals surface area contributed by atoms with Gasteiger partial charge in [0.05, 0.1) is 19.3 Å². The van der Waals surface area contributed by atoms with Gasteiger partial charge in [-0.3, -0.25) is 9.69 Å². The molecular formula is C18H26N2O3. The Morgan fingerprint density at radius 2 is 2.30 bits per heavy atom. The molecule has 1 fully saturated rings. The van der Waals surface area contributed by atoms with E-state index in [-0.39, 0.29) is 12.0 Å². The van der Waals surface area contributed by atoms with Crippen molar-refractivity contribution in [1.82, 2.24) is 10.2 Å². The molecule has 5 nitrogen and oxygen atoms in total. The summed E-state index contributed by atoms with van der Waals surface area (Å²) in [6, 6.07) is 10.4. The van der Waals surface area contributed by atoms with E-state index in [9.17, 15) is 4.79 Å². The Balaban J connectivity index is 1.73. The summed E-state index contributed by atoms with van der Waals surface area (Å²) in [6.07, 6.45) is 1.18. The van der Waals surface area contributed by atoms with E-state index in [2.05, 4.69) is 41.1 Å². The first-order valence-electron chi connectivity index (χ1n) is 8.07. The van der Waals surface area contributed by atoms with Crippen LogP contribution in [-0.4, -0.2) is 55.9 Å². The highest BCUT2D eigenvalue weighted by molar-refractivity contribution is 5.80. The van der Waals surface area contributed by atoms with Crippen LogP contribution in [0.2, 0.25) is 0 Å². The highest BCUT2D eigenvalue weighted by Gasteiger charge is 2.22. The highest BCUT2D eigenvalue weighted by atomic mass is 16.5. The van der Waals surface area contributed by atoms with Gasteiger partial charge in [0.2, 0.25) is 5.91 Å². The molecule has 1 aliphatic heterocycles. The van der Waals surface area contributed by atoms with Crippen LogP contribution in [0.25, 0.3) is 0 Å². The Morgan fingerprint density at radius 3 is 3.04 bits per heavy atom. The molecule has 1 N–H and O–H groups in total. The number of amides is 1. The average Bonchev–Trinajstić information content (AvgIpc) is 2.58. The molecule has 1 amide bonds. The van der Waals surface area contributed by atoms with Gasteiger partial charge in [-0.05, 0) is 12.5 Å². The lowest BCUT2D eigenvalue weighted by molar-refractivity contribution is -0.132. The van der Waals surface area contributed by atoms with Gasteiger partial charge in [0, 0.05) is 26.2 Å². The summed E-state index contributed by atoms with van der Waals surface area (Å²) in [5.41, 5.74) is 1.30. The van der Waals surface area contributed by atoms with E-state index in [1.807, 2.05) is 6.07 Å². The molecule has 1 aromatic rings. The summed E-state index contributed by atoms with van der Waals surface area (Å²) in [6.45, 7) is 9.52. The standard InChI is InChI=1S/C18H26N2O3/c1-3-10-22-15(2)18(21)19-12-17-14-20(9-11-23-17)13-16-7-5-4-6-8-16/h3-8,15,17H,1,9-14H2,2H3,(H,19,21)/t15-,17-/m1/s1. The minimum Gasteiger partial charge on any atom is -0.374 e. The summed E-state index contributed by atoms with van der Waals surface area (Å²) in [7, 11) is 0. The lowest BCUT2D eigenvalue weighted by Crippen LogP contribution is -2.48. The number of benzene rings is 1. The Bertz CT molecular complexity index is 492. The topological polar surface area (TPSA) is 50.8 Å². The minimum absolute atomic E-state index is 0.0167. The van der Waals surface area contributed by atoms with Crippen molar-refractivity contribution >= 4 is 5.91 Å². The third-order valence-electron chi connectivity index (χ3n) is 3.81. The van der Waals surface area contributed by atoms with Crippen molar-refractivity contribution in [2.24, 2.45) is 0 Å². The van der Waals surface area contributed by atoms with Gasteiger partial charge in [-0.15, -0.1) is 6.58 Å². The lowest BCUT2D eigenvalue weighted by Gasteiger charge is -2.33. The maximum atomic E-state index is 11.9. The zero-order valence-corrected chi connectivity index (χ0v) is 13.7. The van der Waals surface area contributed by atoms with Crippen LogP contribution >= 0.6 is 0 Å². The first-order chi connectivity index (χ1) is 11.2. The molecule has 1 saturated heterocycles. The number of nitrogens with one attached hydrogen (secondary N) is 1. The van der Waals surface area contributed by atoms with Crippen molar-refractivity contribution in [3.8, 4) is 0 Å². The summed E-state index contributed by atoms with van der Waals surface area (Å²) in [5.74, 6) is -0.115. The lowest BCUT2D eigenvalue weighted by atomic mass is 10.2. The first kappa shape index (κ1) is 17.7. The zero-order valence-electron chi connectivity index (χ0n) is 13.7. The SMILES string of the molecule is C=CCO[C@H](C)C(=O)NC[C@@H]1CN(Cc2ccccc2)CCO1. The molecule has 1 heterocycles. The molecule has 1 aliphatic rings. The van der Waals surface area contributed by atoms with E-state index >= 15 is 0 Å². The molecule has 126 valence electrons. The number of carbonyl (C=O) groups is 1. The fourth-order valence-corrected chi connectivity index (χ4v) is 2.54. The Labute approximate surface area is 138 Å². The highest BCUT2D eigenvalue weighted by Crippen LogP contribution is 2.10. The van der Waals surface area contributed by atoms with E-state index in [4.69, 9.17) is 9.47 Å². The third-order valence-corrected chi connectivity index (χ3v) is 3.81. The number of ether oxygens (including phenoxy) is 2. The van der Waals surface area contributed by atoms with Gasteiger partial charge < -0.3 is 14.8 Å². The summed E-state index contributed by atoms with van der Waals surface area (Å²) < 4.78 is 11.1. The van der Waals surface area contributed by atoms with Crippen molar-refractivity contribution in [2.75, 3.05) is 32.8 Å². The predicted molar refractivity (Wildman–Crippen MR) is 90.1 cm³/mol. The van der Waals surface area contributed by atoms with Crippen molar-refractivity contribution in [3.05, 3.63) is 48.6 Å². The third kappa shape index (κ3) is 6.14. The molecule has 0 bridgehead atoms. The molecule has 2 rings (SSSR count). The minimum atomic E-state index is -0.475. The van der Waals surface area contributed by atoms with E-state index in [1.54, 1.807) is 13.0 Å². The van der Waals surface area contributed by atoms with Gasteiger partial charge in [-0.25, -0.2) is 0 Å². The molecule has 2 atom stereocenters.